The van der Waals surface area contributed by atoms with Crippen molar-refractivity contribution in [2.24, 2.45) is 5.92 Å². The van der Waals surface area contributed by atoms with E-state index < -0.39 is 6.61 Å². The molecule has 6 heterocycles. The summed E-state index contributed by atoms with van der Waals surface area (Å²) in [6, 6.07) is 1.86. The van der Waals surface area contributed by atoms with Gasteiger partial charge in [-0.15, -0.1) is 0 Å². The molecule has 3 aromatic heterocycles. The summed E-state index contributed by atoms with van der Waals surface area (Å²) in [4.78, 5) is 20.7. The fourth-order valence-electron chi connectivity index (χ4n) is 4.75. The lowest BCUT2D eigenvalue weighted by molar-refractivity contribution is -0.0494. The van der Waals surface area contributed by atoms with Gasteiger partial charge in [-0.05, 0) is 31.2 Å². The first kappa shape index (κ1) is 18.7. The molecular weight excluding hydrogens is 408 g/mol. The molecule has 0 unspecified atom stereocenters. The van der Waals surface area contributed by atoms with Gasteiger partial charge in [-0.3, -0.25) is 0 Å². The van der Waals surface area contributed by atoms with E-state index in [4.69, 9.17) is 25.4 Å². The van der Waals surface area contributed by atoms with Gasteiger partial charge in [0.15, 0.2) is 34.4 Å². The van der Waals surface area contributed by atoms with Gasteiger partial charge in [-0.2, -0.15) is 8.78 Å². The van der Waals surface area contributed by atoms with Crippen molar-refractivity contribution in [2.45, 2.75) is 45.1 Å². The fraction of sp³-hybridized carbons (Fsp3) is 0.500. The molecule has 0 amide bonds. The Balaban J connectivity index is 1.52. The highest BCUT2D eigenvalue weighted by molar-refractivity contribution is 5.87. The number of fused-ring (bicyclic) bond motifs is 4. The zero-order valence-corrected chi connectivity index (χ0v) is 16.7. The van der Waals surface area contributed by atoms with Gasteiger partial charge in [0.2, 0.25) is 0 Å². The average molecular weight is 429 g/mol. The van der Waals surface area contributed by atoms with Crippen molar-refractivity contribution in [3.63, 3.8) is 0 Å². The van der Waals surface area contributed by atoms with Gasteiger partial charge in [0.05, 0.1) is 0 Å². The first-order chi connectivity index (χ1) is 15.1. The Morgan fingerprint density at radius 1 is 1.23 bits per heavy atom. The predicted molar refractivity (Wildman–Crippen MR) is 108 cm³/mol. The summed E-state index contributed by atoms with van der Waals surface area (Å²) in [5, 5.41) is 0. The second-order valence-corrected chi connectivity index (χ2v) is 8.26. The number of nitrogen functional groups attached to an aromatic ring is 1. The first-order valence-corrected chi connectivity index (χ1v) is 10.4. The molecule has 0 radical (unpaired) electrons. The molecular formula is C20H21F2N7O2. The molecule has 2 saturated heterocycles. The summed E-state index contributed by atoms with van der Waals surface area (Å²) >= 11 is 0. The Hall–Kier alpha value is -3.08. The van der Waals surface area contributed by atoms with Crippen LogP contribution in [0.15, 0.2) is 12.3 Å². The molecule has 1 aliphatic carbocycles. The van der Waals surface area contributed by atoms with Crippen LogP contribution in [0.1, 0.15) is 25.1 Å². The number of hydrogen-bond acceptors (Lipinski definition) is 8. The maximum Gasteiger partial charge on any atom is 0.387 e. The predicted octanol–water partition coefficient (Wildman–Crippen LogP) is 2.59. The fourth-order valence-corrected chi connectivity index (χ4v) is 4.75. The van der Waals surface area contributed by atoms with E-state index in [2.05, 4.69) is 19.2 Å². The molecule has 9 nitrogen and oxygen atoms in total. The number of ether oxygens (including phenoxy) is 2. The van der Waals surface area contributed by atoms with Crippen LogP contribution in [-0.4, -0.2) is 50.3 Å². The number of nitrogens with two attached hydrogens (primary N) is 1. The second-order valence-electron chi connectivity index (χ2n) is 8.26. The largest absolute Gasteiger partial charge is 0.431 e. The van der Waals surface area contributed by atoms with Crippen molar-refractivity contribution in [2.75, 3.05) is 23.8 Å². The maximum absolute atomic E-state index is 12.8. The van der Waals surface area contributed by atoms with E-state index in [0.29, 0.717) is 36.6 Å². The molecule has 3 aliphatic heterocycles. The first-order valence-electron chi connectivity index (χ1n) is 10.4. The number of imidazole rings is 1. The van der Waals surface area contributed by atoms with Gasteiger partial charge in [-0.1, -0.05) is 0 Å². The molecule has 0 spiro atoms. The molecule has 0 aromatic carbocycles. The minimum absolute atomic E-state index is 0.110. The minimum Gasteiger partial charge on any atom is -0.431 e. The molecule has 0 atom stereocenters. The topological polar surface area (TPSA) is 104 Å². The maximum atomic E-state index is 12.8. The van der Waals surface area contributed by atoms with Crippen molar-refractivity contribution >= 4 is 22.8 Å². The molecule has 4 aliphatic rings. The summed E-state index contributed by atoms with van der Waals surface area (Å²) in [6.07, 6.45) is 4.66. The monoisotopic (exact) mass is 429 g/mol. The Morgan fingerprint density at radius 3 is 2.87 bits per heavy atom. The summed E-state index contributed by atoms with van der Waals surface area (Å²) in [5.41, 5.74) is 7.64. The van der Waals surface area contributed by atoms with Gasteiger partial charge < -0.3 is 24.7 Å². The summed E-state index contributed by atoms with van der Waals surface area (Å²) < 4.78 is 37.8. The van der Waals surface area contributed by atoms with Gasteiger partial charge in [0, 0.05) is 37.5 Å². The standard InChI is InChI=1S/C20H21F2N7O2/c21-20(22)31-13-6-11(7-24-16(13)23)17-26-18-15(25-14-9-30-3-1-2-28(14)18)19(27-17)29-8-10-4-12(29)5-10/h6-7,10,12,20H,1-5,8-9H2,(H2,23,24). The number of alkyl halides is 2. The van der Waals surface area contributed by atoms with Crippen molar-refractivity contribution in [3.05, 3.63) is 18.1 Å². The Morgan fingerprint density at radius 2 is 2.10 bits per heavy atom. The normalized spacial score (nSPS) is 22.5. The van der Waals surface area contributed by atoms with E-state index in [9.17, 15) is 8.78 Å². The third-order valence-corrected chi connectivity index (χ3v) is 6.29. The zero-order valence-electron chi connectivity index (χ0n) is 16.7. The van der Waals surface area contributed by atoms with Crippen LogP contribution in [0.3, 0.4) is 0 Å². The number of aryl methyl sites for hydroxylation is 1. The third-order valence-electron chi connectivity index (χ3n) is 6.29. The lowest BCUT2D eigenvalue weighted by Gasteiger charge is -2.26. The average Bonchev–Trinajstić information content (AvgIpc) is 3.37. The van der Waals surface area contributed by atoms with E-state index in [1.807, 2.05) is 0 Å². The Labute approximate surface area is 176 Å². The summed E-state index contributed by atoms with van der Waals surface area (Å²) in [5.74, 6) is 2.36. The van der Waals surface area contributed by atoms with Gasteiger partial charge in [0.1, 0.15) is 12.4 Å². The molecule has 2 bridgehead atoms. The van der Waals surface area contributed by atoms with E-state index in [-0.39, 0.29) is 11.6 Å². The minimum atomic E-state index is -3.00. The van der Waals surface area contributed by atoms with E-state index >= 15 is 0 Å². The SMILES string of the molecule is Nc1ncc(-c2nc(N3CC4CC3C4)c3nc4n(c3n2)CCCOC4)cc1OC(F)F. The van der Waals surface area contributed by atoms with Crippen LogP contribution in [0.2, 0.25) is 0 Å². The highest BCUT2D eigenvalue weighted by Gasteiger charge is 2.44. The van der Waals surface area contributed by atoms with Gasteiger partial charge >= 0.3 is 6.61 Å². The summed E-state index contributed by atoms with van der Waals surface area (Å²) in [7, 11) is 0. The molecule has 2 N–H and O–H groups in total. The second kappa shape index (κ2) is 6.98. The third kappa shape index (κ3) is 3.06. The molecule has 7 rings (SSSR count). The smallest absolute Gasteiger partial charge is 0.387 e. The van der Waals surface area contributed by atoms with Crippen LogP contribution in [0, 0.1) is 5.92 Å². The number of halogens is 2. The molecule has 31 heavy (non-hydrogen) atoms. The number of rotatable bonds is 4. The summed E-state index contributed by atoms with van der Waals surface area (Å²) in [6.45, 7) is -0.225. The zero-order chi connectivity index (χ0) is 21.1. The van der Waals surface area contributed by atoms with Crippen LogP contribution in [0.5, 0.6) is 5.75 Å². The molecule has 3 fully saturated rings. The van der Waals surface area contributed by atoms with Crippen molar-refractivity contribution in [3.8, 4) is 17.1 Å². The van der Waals surface area contributed by atoms with Crippen LogP contribution in [0.25, 0.3) is 22.6 Å². The number of nitrogens with zero attached hydrogens (tertiary/aromatic N) is 6. The molecule has 11 heteroatoms. The molecule has 1 saturated carbocycles. The lowest BCUT2D eigenvalue weighted by atomic mass is 9.86. The Kier molecular flexibility index (Phi) is 4.20. The number of hydrogen-bond donors (Lipinski definition) is 1. The van der Waals surface area contributed by atoms with Gasteiger partial charge in [0.25, 0.3) is 0 Å². The number of pyridine rings is 1. The van der Waals surface area contributed by atoms with E-state index in [0.717, 1.165) is 55.2 Å². The van der Waals surface area contributed by atoms with Gasteiger partial charge in [-0.25, -0.2) is 19.9 Å². The van der Waals surface area contributed by atoms with Crippen molar-refractivity contribution in [1.82, 2.24) is 24.5 Å². The van der Waals surface area contributed by atoms with Crippen LogP contribution >= 0.6 is 0 Å². The number of aromatic nitrogens is 5. The van der Waals surface area contributed by atoms with Crippen LogP contribution < -0.4 is 15.4 Å². The van der Waals surface area contributed by atoms with Crippen LogP contribution in [-0.2, 0) is 17.9 Å². The van der Waals surface area contributed by atoms with E-state index in [1.165, 1.54) is 12.3 Å². The highest BCUT2D eigenvalue weighted by atomic mass is 19.3. The molecule has 162 valence electrons. The highest BCUT2D eigenvalue weighted by Crippen LogP contribution is 2.44. The Bertz CT molecular complexity index is 1160. The molecule has 3 aromatic rings. The van der Waals surface area contributed by atoms with Crippen molar-refractivity contribution < 1.29 is 18.3 Å². The van der Waals surface area contributed by atoms with E-state index in [1.54, 1.807) is 0 Å². The van der Waals surface area contributed by atoms with Crippen LogP contribution in [0.4, 0.5) is 20.4 Å². The van der Waals surface area contributed by atoms with Crippen molar-refractivity contribution in [1.29, 1.82) is 0 Å². The quantitative estimate of drug-likeness (QED) is 0.675. The lowest BCUT2D eigenvalue weighted by Crippen LogP contribution is -2.29. The number of anilines is 2.